The zero-order chi connectivity index (χ0) is 19.9. The third-order valence-electron chi connectivity index (χ3n) is 4.14. The lowest BCUT2D eigenvalue weighted by molar-refractivity contribution is -0.170. The highest BCUT2D eigenvalue weighted by Crippen LogP contribution is 2.22. The van der Waals surface area contributed by atoms with Gasteiger partial charge in [0, 0.05) is 14.2 Å². The maximum Gasteiger partial charge on any atom is 0.511 e. The van der Waals surface area contributed by atoms with Gasteiger partial charge in [-0.05, 0) is 32.6 Å². The molecule has 0 spiro atoms. The van der Waals surface area contributed by atoms with Crippen molar-refractivity contribution in [1.29, 1.82) is 0 Å². The summed E-state index contributed by atoms with van der Waals surface area (Å²) in [6, 6.07) is -1.10. The molecule has 0 rings (SSSR count). The normalized spacial score (nSPS) is 16.8. The fraction of sp³-hybridized carbons (Fsp3) is 0.889. The molecule has 0 radical (unpaired) electrons. The molecule has 0 aromatic carbocycles. The van der Waals surface area contributed by atoms with Gasteiger partial charge in [-0.3, -0.25) is 4.79 Å². The number of carbonyl (C=O) groups excluding carboxylic acids is 2. The molecule has 0 aromatic heterocycles. The minimum Gasteiger partial charge on any atom is -0.429 e. The summed E-state index contributed by atoms with van der Waals surface area (Å²) >= 11 is 0. The van der Waals surface area contributed by atoms with Crippen LogP contribution < -0.4 is 5.73 Å². The van der Waals surface area contributed by atoms with Crippen LogP contribution in [0.2, 0.25) is 0 Å². The van der Waals surface area contributed by atoms with Crippen LogP contribution in [-0.4, -0.2) is 55.1 Å². The van der Waals surface area contributed by atoms with Gasteiger partial charge < -0.3 is 24.8 Å². The Labute approximate surface area is 152 Å². The molecule has 7 nitrogen and oxygen atoms in total. The molecule has 2 N–H and O–H groups in total. The van der Waals surface area contributed by atoms with Gasteiger partial charge in [0.05, 0.1) is 12.1 Å². The Balaban J connectivity index is 5.39. The molecule has 0 saturated heterocycles. The molecule has 0 aliphatic heterocycles. The van der Waals surface area contributed by atoms with Crippen LogP contribution in [-0.2, 0) is 19.0 Å². The minimum absolute atomic E-state index is 0.000279. The average molecular weight is 360 g/mol. The van der Waals surface area contributed by atoms with Crippen molar-refractivity contribution in [3.8, 4) is 0 Å². The van der Waals surface area contributed by atoms with E-state index in [4.69, 9.17) is 19.9 Å². The molecule has 7 heteroatoms. The number of amides is 1. The summed E-state index contributed by atoms with van der Waals surface area (Å²) in [4.78, 5) is 26.2. The Morgan fingerprint density at radius 1 is 1.16 bits per heavy atom. The zero-order valence-corrected chi connectivity index (χ0v) is 17.2. The molecule has 0 heterocycles. The van der Waals surface area contributed by atoms with E-state index in [0.717, 1.165) is 6.42 Å². The van der Waals surface area contributed by atoms with E-state index in [-0.39, 0.29) is 17.7 Å². The van der Waals surface area contributed by atoms with Crippen LogP contribution in [0.3, 0.4) is 0 Å². The van der Waals surface area contributed by atoms with Gasteiger partial charge in [0.15, 0.2) is 0 Å². The number of likely N-dealkylation sites (N-methyl/N-ethyl adjacent to an activating group) is 1. The van der Waals surface area contributed by atoms with Gasteiger partial charge in [-0.2, -0.15) is 0 Å². The van der Waals surface area contributed by atoms with E-state index in [1.807, 2.05) is 27.7 Å². The number of hydrogen-bond acceptors (Lipinski definition) is 6. The van der Waals surface area contributed by atoms with Crippen molar-refractivity contribution >= 4 is 12.1 Å². The van der Waals surface area contributed by atoms with Gasteiger partial charge in [-0.25, -0.2) is 4.79 Å². The topological polar surface area (TPSA) is 91.1 Å². The van der Waals surface area contributed by atoms with E-state index in [1.54, 1.807) is 27.8 Å². The summed E-state index contributed by atoms with van der Waals surface area (Å²) in [7, 11) is 3.09. The van der Waals surface area contributed by atoms with Crippen LogP contribution in [0.1, 0.15) is 54.9 Å². The van der Waals surface area contributed by atoms with Gasteiger partial charge in [-0.15, -0.1) is 0 Å². The first kappa shape index (κ1) is 23.7. The number of nitrogens with two attached hydrogens (primary N) is 1. The van der Waals surface area contributed by atoms with Gasteiger partial charge in [0.25, 0.3) is 0 Å². The molecule has 0 aliphatic rings. The van der Waals surface area contributed by atoms with Gasteiger partial charge >= 0.3 is 6.16 Å². The number of carbonyl (C=O) groups is 2. The molecule has 0 aliphatic carbocycles. The lowest BCUT2D eigenvalue weighted by Crippen LogP contribution is -2.55. The maximum absolute atomic E-state index is 12.7. The summed E-state index contributed by atoms with van der Waals surface area (Å²) < 4.78 is 15.9. The molecule has 0 fully saturated rings. The van der Waals surface area contributed by atoms with Gasteiger partial charge in [0.1, 0.15) is 5.60 Å². The van der Waals surface area contributed by atoms with E-state index >= 15 is 0 Å². The summed E-state index contributed by atoms with van der Waals surface area (Å²) in [6.45, 7) is 13.0. The Hall–Kier alpha value is -1.34. The SMILES string of the molecule is CC[C@H](C)C([C@H](OC)OC(=O)OC(C)(C)C)N(C)C(=O)[C@@H](N)C(C)C. The zero-order valence-electron chi connectivity index (χ0n) is 17.2. The molecule has 1 unspecified atom stereocenters. The first-order valence-electron chi connectivity index (χ1n) is 8.80. The van der Waals surface area contributed by atoms with Crippen LogP contribution >= 0.6 is 0 Å². The van der Waals surface area contributed by atoms with Crippen LogP contribution in [0, 0.1) is 11.8 Å². The van der Waals surface area contributed by atoms with Crippen LogP contribution in [0.4, 0.5) is 4.79 Å². The minimum atomic E-state index is -0.946. The lowest BCUT2D eigenvalue weighted by atomic mass is 9.95. The second-order valence-corrected chi connectivity index (χ2v) is 7.78. The number of rotatable bonds is 8. The number of hydrogen-bond donors (Lipinski definition) is 1. The van der Waals surface area contributed by atoms with E-state index < -0.39 is 30.1 Å². The van der Waals surface area contributed by atoms with E-state index in [2.05, 4.69) is 0 Å². The predicted molar refractivity (Wildman–Crippen MR) is 96.9 cm³/mol. The summed E-state index contributed by atoms with van der Waals surface area (Å²) in [6.07, 6.45) is -1.00. The van der Waals surface area contributed by atoms with E-state index in [9.17, 15) is 9.59 Å². The fourth-order valence-corrected chi connectivity index (χ4v) is 2.37. The standard InChI is InChI=1S/C18H36N2O5/c1-10-12(4)14(20(8)15(21)13(19)11(2)3)16(23-9)24-17(22)25-18(5,6)7/h11-14,16H,10,19H2,1-9H3/t12-,13-,14?,16+/m0/s1. The predicted octanol–water partition coefficient (Wildman–Crippen LogP) is 2.77. The number of nitrogens with zero attached hydrogens (tertiary/aromatic N) is 1. The maximum atomic E-state index is 12.7. The van der Waals surface area contributed by atoms with Gasteiger partial charge in [0.2, 0.25) is 12.2 Å². The molecule has 0 aromatic rings. The van der Waals surface area contributed by atoms with Crippen LogP contribution in [0.5, 0.6) is 0 Å². The highest BCUT2D eigenvalue weighted by molar-refractivity contribution is 5.82. The molecule has 0 bridgehead atoms. The quantitative estimate of drug-likeness (QED) is 0.529. The van der Waals surface area contributed by atoms with Crippen LogP contribution in [0.25, 0.3) is 0 Å². The second kappa shape index (κ2) is 9.97. The monoisotopic (exact) mass is 360 g/mol. The van der Waals surface area contributed by atoms with Crippen molar-refractivity contribution in [2.45, 2.75) is 78.9 Å². The van der Waals surface area contributed by atoms with E-state index in [1.165, 1.54) is 12.0 Å². The molecular weight excluding hydrogens is 324 g/mol. The molecule has 148 valence electrons. The van der Waals surface area contributed by atoms with Gasteiger partial charge in [-0.1, -0.05) is 34.1 Å². The number of ether oxygens (including phenoxy) is 3. The molecular formula is C18H36N2O5. The largest absolute Gasteiger partial charge is 0.511 e. The first-order chi connectivity index (χ1) is 11.4. The highest BCUT2D eigenvalue weighted by Gasteiger charge is 2.38. The molecule has 4 atom stereocenters. The van der Waals surface area contributed by atoms with E-state index in [0.29, 0.717) is 0 Å². The first-order valence-corrected chi connectivity index (χ1v) is 8.80. The van der Waals surface area contributed by atoms with Crippen LogP contribution in [0.15, 0.2) is 0 Å². The summed E-state index contributed by atoms with van der Waals surface area (Å²) in [5.41, 5.74) is 5.32. The Kier molecular flexibility index (Phi) is 9.43. The van der Waals surface area contributed by atoms with Crippen molar-refractivity contribution in [1.82, 2.24) is 4.90 Å². The molecule has 1 amide bonds. The Morgan fingerprint density at radius 3 is 2.04 bits per heavy atom. The van der Waals surface area contributed by atoms with Crippen molar-refractivity contribution < 1.29 is 23.8 Å². The van der Waals surface area contributed by atoms with Crippen molar-refractivity contribution in [2.75, 3.05) is 14.2 Å². The molecule has 25 heavy (non-hydrogen) atoms. The highest BCUT2D eigenvalue weighted by atomic mass is 16.8. The third-order valence-corrected chi connectivity index (χ3v) is 4.14. The second-order valence-electron chi connectivity index (χ2n) is 7.78. The smallest absolute Gasteiger partial charge is 0.429 e. The summed E-state index contributed by atoms with van der Waals surface area (Å²) in [5.74, 6) is -0.184. The third kappa shape index (κ3) is 7.61. The lowest BCUT2D eigenvalue weighted by Gasteiger charge is -2.38. The number of methoxy groups -OCH3 is 1. The Morgan fingerprint density at radius 2 is 1.68 bits per heavy atom. The Bertz CT molecular complexity index is 434. The average Bonchev–Trinajstić information content (AvgIpc) is 2.49. The van der Waals surface area contributed by atoms with Crippen molar-refractivity contribution in [2.24, 2.45) is 17.6 Å². The molecule has 0 saturated carbocycles. The summed E-state index contributed by atoms with van der Waals surface area (Å²) in [5, 5.41) is 0. The van der Waals surface area contributed by atoms with Crippen molar-refractivity contribution in [3.63, 3.8) is 0 Å². The van der Waals surface area contributed by atoms with Crippen molar-refractivity contribution in [3.05, 3.63) is 0 Å². The fourth-order valence-electron chi connectivity index (χ4n) is 2.37.